The van der Waals surface area contributed by atoms with E-state index in [1.165, 1.54) is 12.8 Å². The smallest absolute Gasteiger partial charge is 0.0282 e. The van der Waals surface area contributed by atoms with Crippen LogP contribution in [0.3, 0.4) is 0 Å². The first-order valence-electron chi connectivity index (χ1n) is 3.17. The van der Waals surface area contributed by atoms with Gasteiger partial charge in [-0.25, -0.2) is 0 Å². The molecule has 1 saturated carbocycles. The molecule has 0 N–H and O–H groups in total. The SMILES string of the molecule is Br[C@@H]1C[C@@H](Br)[C@@H](Br)C[C@H]1Br. The molecule has 4 heteroatoms. The Bertz CT molecular complexity index is 90.3. The third-order valence-electron chi connectivity index (χ3n) is 1.69. The van der Waals surface area contributed by atoms with Crippen LogP contribution in [-0.2, 0) is 0 Å². The first-order chi connectivity index (χ1) is 4.61. The van der Waals surface area contributed by atoms with Crippen molar-refractivity contribution in [3.05, 3.63) is 0 Å². The molecule has 0 radical (unpaired) electrons. The Balaban J connectivity index is 2.46. The van der Waals surface area contributed by atoms with Crippen LogP contribution in [0, 0.1) is 0 Å². The van der Waals surface area contributed by atoms with Gasteiger partial charge >= 0.3 is 0 Å². The maximum absolute atomic E-state index is 3.62. The number of rotatable bonds is 0. The maximum Gasteiger partial charge on any atom is 0.0282 e. The van der Waals surface area contributed by atoms with Crippen LogP contribution in [0.25, 0.3) is 0 Å². The minimum Gasteiger partial charge on any atom is -0.0878 e. The summed E-state index contributed by atoms with van der Waals surface area (Å²) < 4.78 is 0. The van der Waals surface area contributed by atoms with E-state index < -0.39 is 0 Å². The fraction of sp³-hybridized carbons (Fsp3) is 1.00. The van der Waals surface area contributed by atoms with Crippen LogP contribution in [-0.4, -0.2) is 19.3 Å². The fourth-order valence-electron chi connectivity index (χ4n) is 1.02. The van der Waals surface area contributed by atoms with Gasteiger partial charge in [0.25, 0.3) is 0 Å². The van der Waals surface area contributed by atoms with Crippen LogP contribution >= 0.6 is 63.7 Å². The molecular formula is C6H8Br4. The molecule has 0 aromatic heterocycles. The molecule has 0 nitrogen and oxygen atoms in total. The van der Waals surface area contributed by atoms with Gasteiger partial charge in [0.1, 0.15) is 0 Å². The molecule has 0 spiro atoms. The predicted octanol–water partition coefficient (Wildman–Crippen LogP) is 3.83. The lowest BCUT2D eigenvalue weighted by atomic mass is 10.0. The van der Waals surface area contributed by atoms with Gasteiger partial charge < -0.3 is 0 Å². The number of hydrogen-bond acceptors (Lipinski definition) is 0. The quantitative estimate of drug-likeness (QED) is 0.543. The Labute approximate surface area is 95.0 Å². The van der Waals surface area contributed by atoms with Crippen molar-refractivity contribution < 1.29 is 0 Å². The molecule has 0 aromatic rings. The highest BCUT2D eigenvalue weighted by Gasteiger charge is 2.31. The van der Waals surface area contributed by atoms with E-state index in [1.54, 1.807) is 0 Å². The lowest BCUT2D eigenvalue weighted by Crippen LogP contribution is -2.33. The summed E-state index contributed by atoms with van der Waals surface area (Å²) in [6.07, 6.45) is 2.37. The second kappa shape index (κ2) is 4.24. The third-order valence-corrected chi connectivity index (χ3v) is 7.15. The fourth-order valence-corrected chi connectivity index (χ4v) is 4.50. The number of halogens is 4. The third kappa shape index (κ3) is 2.46. The molecule has 0 heterocycles. The van der Waals surface area contributed by atoms with E-state index >= 15 is 0 Å². The van der Waals surface area contributed by atoms with Crippen LogP contribution in [0.1, 0.15) is 12.8 Å². The van der Waals surface area contributed by atoms with E-state index in [2.05, 4.69) is 63.7 Å². The van der Waals surface area contributed by atoms with Crippen molar-refractivity contribution in [1.82, 2.24) is 0 Å². The molecule has 0 saturated heterocycles. The minimum atomic E-state index is 0.616. The van der Waals surface area contributed by atoms with Crippen molar-refractivity contribution in [2.45, 2.75) is 32.2 Å². The van der Waals surface area contributed by atoms with Crippen molar-refractivity contribution in [3.63, 3.8) is 0 Å². The van der Waals surface area contributed by atoms with Gasteiger partial charge in [-0.2, -0.15) is 0 Å². The predicted molar refractivity (Wildman–Crippen MR) is 60.1 cm³/mol. The Morgan fingerprint density at radius 3 is 1.00 bits per heavy atom. The van der Waals surface area contributed by atoms with Crippen molar-refractivity contribution in [1.29, 1.82) is 0 Å². The number of hydrogen-bond donors (Lipinski definition) is 0. The second-order valence-corrected chi connectivity index (χ2v) is 7.24. The summed E-state index contributed by atoms with van der Waals surface area (Å²) in [6, 6.07) is 0. The van der Waals surface area contributed by atoms with E-state index in [-0.39, 0.29) is 0 Å². The highest BCUT2D eigenvalue weighted by molar-refractivity contribution is 9.13. The molecule has 1 rings (SSSR count). The van der Waals surface area contributed by atoms with E-state index in [9.17, 15) is 0 Å². The average Bonchev–Trinajstić information content (AvgIpc) is 1.84. The standard InChI is InChI=1S/C6H8Br4/c7-3-1-4(8)6(10)2-5(3)9/h3-6H,1-2H2/t3-,4-,5-,6+/m1/s1. The first-order valence-corrected chi connectivity index (χ1v) is 6.84. The average molecular weight is 400 g/mol. The zero-order valence-electron chi connectivity index (χ0n) is 5.24. The Morgan fingerprint density at radius 2 is 0.800 bits per heavy atom. The molecule has 1 aliphatic rings. The lowest BCUT2D eigenvalue weighted by Gasteiger charge is -2.30. The summed E-state index contributed by atoms with van der Waals surface area (Å²) in [5.41, 5.74) is 0. The normalized spacial score (nSPS) is 49.2. The van der Waals surface area contributed by atoms with E-state index in [0.717, 1.165) is 0 Å². The molecule has 1 fully saturated rings. The molecule has 0 aliphatic heterocycles. The van der Waals surface area contributed by atoms with Crippen LogP contribution in [0.15, 0.2) is 0 Å². The Kier molecular flexibility index (Phi) is 4.24. The summed E-state index contributed by atoms with van der Waals surface area (Å²) >= 11 is 14.5. The largest absolute Gasteiger partial charge is 0.0878 e. The molecular weight excluding hydrogens is 392 g/mol. The van der Waals surface area contributed by atoms with Gasteiger partial charge in [-0.05, 0) is 12.8 Å². The summed E-state index contributed by atoms with van der Waals surface area (Å²) in [5, 5.41) is 0. The topological polar surface area (TPSA) is 0 Å². The van der Waals surface area contributed by atoms with E-state index in [4.69, 9.17) is 0 Å². The molecule has 60 valence electrons. The monoisotopic (exact) mass is 396 g/mol. The first kappa shape index (κ1) is 10.0. The minimum absolute atomic E-state index is 0.616. The Hall–Kier alpha value is 1.92. The molecule has 0 bridgehead atoms. The molecule has 0 aromatic carbocycles. The van der Waals surface area contributed by atoms with Gasteiger partial charge in [0, 0.05) is 19.3 Å². The molecule has 0 unspecified atom stereocenters. The van der Waals surface area contributed by atoms with Gasteiger partial charge in [0.15, 0.2) is 0 Å². The van der Waals surface area contributed by atoms with Crippen LogP contribution in [0.4, 0.5) is 0 Å². The molecule has 10 heavy (non-hydrogen) atoms. The van der Waals surface area contributed by atoms with Crippen molar-refractivity contribution in [2.75, 3.05) is 0 Å². The second-order valence-electron chi connectivity index (χ2n) is 2.54. The maximum atomic E-state index is 3.62. The molecule has 1 aliphatic carbocycles. The van der Waals surface area contributed by atoms with E-state index in [0.29, 0.717) is 19.3 Å². The van der Waals surface area contributed by atoms with Crippen molar-refractivity contribution >= 4 is 63.7 Å². The lowest BCUT2D eigenvalue weighted by molar-refractivity contribution is 0.575. The van der Waals surface area contributed by atoms with Crippen LogP contribution in [0.5, 0.6) is 0 Å². The van der Waals surface area contributed by atoms with Gasteiger partial charge in [-0.3, -0.25) is 0 Å². The van der Waals surface area contributed by atoms with Crippen LogP contribution in [0.2, 0.25) is 0 Å². The molecule has 4 atom stereocenters. The van der Waals surface area contributed by atoms with Crippen LogP contribution < -0.4 is 0 Å². The number of alkyl halides is 4. The highest BCUT2D eigenvalue weighted by Crippen LogP contribution is 2.37. The Morgan fingerprint density at radius 1 is 0.600 bits per heavy atom. The summed E-state index contributed by atoms with van der Waals surface area (Å²) in [6.45, 7) is 0. The van der Waals surface area contributed by atoms with Gasteiger partial charge in [-0.15, -0.1) is 0 Å². The summed E-state index contributed by atoms with van der Waals surface area (Å²) in [4.78, 5) is 2.47. The highest BCUT2D eigenvalue weighted by atomic mass is 79.9. The van der Waals surface area contributed by atoms with Gasteiger partial charge in [0.2, 0.25) is 0 Å². The molecule has 0 amide bonds. The van der Waals surface area contributed by atoms with Gasteiger partial charge in [-0.1, -0.05) is 63.7 Å². The van der Waals surface area contributed by atoms with Crippen molar-refractivity contribution in [3.8, 4) is 0 Å². The summed E-state index contributed by atoms with van der Waals surface area (Å²) in [7, 11) is 0. The zero-order valence-corrected chi connectivity index (χ0v) is 11.6. The zero-order chi connectivity index (χ0) is 7.72. The van der Waals surface area contributed by atoms with Gasteiger partial charge in [0.05, 0.1) is 0 Å². The van der Waals surface area contributed by atoms with E-state index in [1.807, 2.05) is 0 Å². The summed E-state index contributed by atoms with van der Waals surface area (Å²) in [5.74, 6) is 0. The van der Waals surface area contributed by atoms with Crippen molar-refractivity contribution in [2.24, 2.45) is 0 Å².